The molecule has 0 radical (unpaired) electrons. The first-order valence-electron chi connectivity index (χ1n) is 5.89. The van der Waals surface area contributed by atoms with Gasteiger partial charge >= 0.3 is 0 Å². The molecule has 15 heavy (non-hydrogen) atoms. The summed E-state index contributed by atoms with van der Waals surface area (Å²) in [6.45, 7) is 5.60. The number of hydrogen-bond acceptors (Lipinski definition) is 3. The maximum atomic E-state index is 4.47. The van der Waals surface area contributed by atoms with Crippen LogP contribution in [0.5, 0.6) is 0 Å². The van der Waals surface area contributed by atoms with Gasteiger partial charge in [0.1, 0.15) is 0 Å². The van der Waals surface area contributed by atoms with Crippen LogP contribution in [0.3, 0.4) is 0 Å². The molecule has 3 heterocycles. The summed E-state index contributed by atoms with van der Waals surface area (Å²) in [5, 5.41) is 3.36. The highest BCUT2D eigenvalue weighted by Crippen LogP contribution is 2.15. The Bertz CT molecular complexity index is 338. The van der Waals surface area contributed by atoms with Crippen LogP contribution in [-0.4, -0.2) is 34.1 Å². The normalized spacial score (nSPS) is 21.9. The molecule has 2 aliphatic heterocycles. The number of nitrogens with one attached hydrogen (secondary N) is 1. The molecule has 3 rings (SSSR count). The molecule has 0 unspecified atom stereocenters. The molecule has 0 spiro atoms. The number of likely N-dealkylation sites (tertiary alicyclic amines) is 1. The Morgan fingerprint density at radius 2 is 2.20 bits per heavy atom. The van der Waals surface area contributed by atoms with Crippen molar-refractivity contribution in [2.24, 2.45) is 0 Å². The maximum Gasteiger partial charge on any atom is 0.0963 e. The molecule has 0 amide bonds. The van der Waals surface area contributed by atoms with Gasteiger partial charge in [0, 0.05) is 25.2 Å². The van der Waals surface area contributed by atoms with E-state index in [2.05, 4.69) is 19.8 Å². The lowest BCUT2D eigenvalue weighted by atomic mass is 10.2. The number of hydrogen-bond donors (Lipinski definition) is 1. The molecular weight excluding hydrogens is 188 g/mol. The van der Waals surface area contributed by atoms with Crippen molar-refractivity contribution in [3.63, 3.8) is 0 Å². The monoisotopic (exact) mass is 206 g/mol. The van der Waals surface area contributed by atoms with Gasteiger partial charge in [-0.05, 0) is 25.9 Å². The van der Waals surface area contributed by atoms with Crippen molar-refractivity contribution < 1.29 is 0 Å². The van der Waals surface area contributed by atoms with E-state index in [0.29, 0.717) is 0 Å². The highest BCUT2D eigenvalue weighted by atomic mass is 15.3. The van der Waals surface area contributed by atoms with Crippen LogP contribution in [-0.2, 0) is 19.6 Å². The van der Waals surface area contributed by atoms with E-state index in [1.165, 1.54) is 37.3 Å². The molecule has 2 aliphatic rings. The molecule has 0 saturated carbocycles. The SMILES string of the molecule is c1nc2c(n1CN1CCCC1)CCNC2. The van der Waals surface area contributed by atoms with Gasteiger partial charge in [-0.15, -0.1) is 0 Å². The van der Waals surface area contributed by atoms with E-state index in [1.807, 2.05) is 6.33 Å². The summed E-state index contributed by atoms with van der Waals surface area (Å²) < 4.78 is 2.33. The van der Waals surface area contributed by atoms with Gasteiger partial charge in [0.2, 0.25) is 0 Å². The molecule has 82 valence electrons. The van der Waals surface area contributed by atoms with Crippen LogP contribution in [0.25, 0.3) is 0 Å². The molecule has 0 atom stereocenters. The fraction of sp³-hybridized carbons (Fsp3) is 0.727. The Hall–Kier alpha value is -0.870. The van der Waals surface area contributed by atoms with Crippen LogP contribution < -0.4 is 5.32 Å². The molecule has 0 aliphatic carbocycles. The zero-order valence-electron chi connectivity index (χ0n) is 9.08. The third kappa shape index (κ3) is 1.79. The Kier molecular flexibility index (Phi) is 2.46. The van der Waals surface area contributed by atoms with E-state index >= 15 is 0 Å². The molecule has 1 aromatic heterocycles. The first kappa shape index (κ1) is 9.36. The number of imidazole rings is 1. The molecule has 4 nitrogen and oxygen atoms in total. The van der Waals surface area contributed by atoms with Crippen molar-refractivity contribution in [1.29, 1.82) is 0 Å². The molecule has 1 fully saturated rings. The largest absolute Gasteiger partial charge is 0.321 e. The number of aromatic nitrogens is 2. The fourth-order valence-electron chi connectivity index (χ4n) is 2.56. The molecular formula is C11H18N4. The molecule has 0 bridgehead atoms. The smallest absolute Gasteiger partial charge is 0.0963 e. The highest BCUT2D eigenvalue weighted by molar-refractivity contribution is 5.16. The van der Waals surface area contributed by atoms with Crippen molar-refractivity contribution in [3.8, 4) is 0 Å². The lowest BCUT2D eigenvalue weighted by Crippen LogP contribution is -2.28. The van der Waals surface area contributed by atoms with Crippen LogP contribution in [0.15, 0.2) is 6.33 Å². The van der Waals surface area contributed by atoms with Gasteiger partial charge in [0.05, 0.1) is 18.7 Å². The third-order valence-corrected chi connectivity index (χ3v) is 3.41. The van der Waals surface area contributed by atoms with Gasteiger partial charge in [-0.2, -0.15) is 0 Å². The Labute approximate surface area is 90.3 Å². The van der Waals surface area contributed by atoms with E-state index in [0.717, 1.165) is 26.2 Å². The Morgan fingerprint density at radius 3 is 3.07 bits per heavy atom. The second-order valence-corrected chi connectivity index (χ2v) is 4.50. The second kappa shape index (κ2) is 3.94. The first-order valence-corrected chi connectivity index (χ1v) is 5.89. The Balaban J connectivity index is 1.76. The summed E-state index contributed by atoms with van der Waals surface area (Å²) in [6.07, 6.45) is 5.86. The summed E-state index contributed by atoms with van der Waals surface area (Å²) in [7, 11) is 0. The van der Waals surface area contributed by atoms with Gasteiger partial charge in [0.15, 0.2) is 0 Å². The summed E-state index contributed by atoms with van der Waals surface area (Å²) in [4.78, 5) is 6.99. The summed E-state index contributed by atoms with van der Waals surface area (Å²) in [5.41, 5.74) is 2.70. The number of fused-ring (bicyclic) bond motifs is 1. The molecule has 1 N–H and O–H groups in total. The van der Waals surface area contributed by atoms with Crippen molar-refractivity contribution in [3.05, 3.63) is 17.7 Å². The van der Waals surface area contributed by atoms with E-state index in [1.54, 1.807) is 0 Å². The summed E-state index contributed by atoms with van der Waals surface area (Å²) >= 11 is 0. The van der Waals surface area contributed by atoms with Crippen LogP contribution in [0.1, 0.15) is 24.2 Å². The molecule has 1 aromatic rings. The quantitative estimate of drug-likeness (QED) is 0.768. The zero-order valence-corrected chi connectivity index (χ0v) is 9.08. The Morgan fingerprint density at radius 1 is 1.33 bits per heavy atom. The molecule has 0 aromatic carbocycles. The van der Waals surface area contributed by atoms with Crippen molar-refractivity contribution in [2.75, 3.05) is 19.6 Å². The van der Waals surface area contributed by atoms with Crippen LogP contribution in [0.4, 0.5) is 0 Å². The standard InChI is InChI=1S/C11H18N4/c1-2-6-14(5-1)9-15-8-13-10-7-12-4-3-11(10)15/h8,12H,1-7,9H2. The summed E-state index contributed by atoms with van der Waals surface area (Å²) in [5.74, 6) is 0. The third-order valence-electron chi connectivity index (χ3n) is 3.41. The zero-order chi connectivity index (χ0) is 10.1. The maximum absolute atomic E-state index is 4.47. The van der Waals surface area contributed by atoms with Crippen LogP contribution in [0, 0.1) is 0 Å². The van der Waals surface area contributed by atoms with Crippen LogP contribution in [0.2, 0.25) is 0 Å². The van der Waals surface area contributed by atoms with Gasteiger partial charge in [-0.3, -0.25) is 4.90 Å². The second-order valence-electron chi connectivity index (χ2n) is 4.50. The topological polar surface area (TPSA) is 33.1 Å². The van der Waals surface area contributed by atoms with Crippen molar-refractivity contribution in [2.45, 2.75) is 32.5 Å². The predicted molar refractivity (Wildman–Crippen MR) is 58.4 cm³/mol. The van der Waals surface area contributed by atoms with E-state index in [9.17, 15) is 0 Å². The summed E-state index contributed by atoms with van der Waals surface area (Å²) in [6, 6.07) is 0. The number of nitrogens with zero attached hydrogens (tertiary/aromatic N) is 3. The van der Waals surface area contributed by atoms with Gasteiger partial charge < -0.3 is 9.88 Å². The fourth-order valence-corrected chi connectivity index (χ4v) is 2.56. The average molecular weight is 206 g/mol. The predicted octanol–water partition coefficient (Wildman–Crippen LogP) is 0.582. The minimum absolute atomic E-state index is 0.947. The highest BCUT2D eigenvalue weighted by Gasteiger charge is 2.17. The molecule has 4 heteroatoms. The van der Waals surface area contributed by atoms with E-state index < -0.39 is 0 Å². The minimum Gasteiger partial charge on any atom is -0.321 e. The van der Waals surface area contributed by atoms with Gasteiger partial charge in [-0.1, -0.05) is 0 Å². The van der Waals surface area contributed by atoms with Crippen LogP contribution >= 0.6 is 0 Å². The first-order chi connectivity index (χ1) is 7.43. The van der Waals surface area contributed by atoms with E-state index in [-0.39, 0.29) is 0 Å². The lowest BCUT2D eigenvalue weighted by Gasteiger charge is -2.19. The van der Waals surface area contributed by atoms with Gasteiger partial charge in [-0.25, -0.2) is 4.98 Å². The minimum atomic E-state index is 0.947. The average Bonchev–Trinajstić information content (AvgIpc) is 2.89. The van der Waals surface area contributed by atoms with Crippen molar-refractivity contribution >= 4 is 0 Å². The van der Waals surface area contributed by atoms with E-state index in [4.69, 9.17) is 0 Å². The number of rotatable bonds is 2. The molecule has 1 saturated heterocycles. The van der Waals surface area contributed by atoms with Crippen molar-refractivity contribution in [1.82, 2.24) is 19.8 Å². The van der Waals surface area contributed by atoms with Gasteiger partial charge in [0.25, 0.3) is 0 Å². The lowest BCUT2D eigenvalue weighted by molar-refractivity contribution is 0.265.